The highest BCUT2D eigenvalue weighted by molar-refractivity contribution is 5.66. The van der Waals surface area contributed by atoms with Gasteiger partial charge in [-0.3, -0.25) is 4.79 Å². The van der Waals surface area contributed by atoms with E-state index in [0.29, 0.717) is 18.4 Å². The maximum absolute atomic E-state index is 10.6. The van der Waals surface area contributed by atoms with Gasteiger partial charge >= 0.3 is 5.97 Å². The molecule has 6 nitrogen and oxygen atoms in total. The van der Waals surface area contributed by atoms with Crippen LogP contribution in [0.5, 0.6) is 5.88 Å². The molecular formula is C15H25N3O3. The van der Waals surface area contributed by atoms with E-state index in [1.807, 2.05) is 6.92 Å². The van der Waals surface area contributed by atoms with Crippen LogP contribution in [0.3, 0.4) is 0 Å². The maximum Gasteiger partial charge on any atom is 0.303 e. The monoisotopic (exact) mass is 295 g/mol. The zero-order valence-electron chi connectivity index (χ0n) is 12.8. The van der Waals surface area contributed by atoms with Gasteiger partial charge in [-0.05, 0) is 25.2 Å². The van der Waals surface area contributed by atoms with Crippen molar-refractivity contribution in [1.29, 1.82) is 0 Å². The van der Waals surface area contributed by atoms with Crippen molar-refractivity contribution in [2.75, 3.05) is 18.5 Å². The van der Waals surface area contributed by atoms with Crippen LogP contribution in [0.15, 0.2) is 12.4 Å². The Hall–Kier alpha value is -1.85. The van der Waals surface area contributed by atoms with Crippen LogP contribution in [0.25, 0.3) is 0 Å². The number of hydrogen-bond donors (Lipinski definition) is 2. The summed E-state index contributed by atoms with van der Waals surface area (Å²) in [4.78, 5) is 18.8. The fourth-order valence-corrected chi connectivity index (χ4v) is 2.01. The van der Waals surface area contributed by atoms with E-state index in [4.69, 9.17) is 9.84 Å². The Morgan fingerprint density at radius 1 is 1.38 bits per heavy atom. The summed E-state index contributed by atoms with van der Waals surface area (Å²) in [7, 11) is 0. The molecule has 1 heterocycles. The van der Waals surface area contributed by atoms with Crippen LogP contribution in [0.2, 0.25) is 0 Å². The van der Waals surface area contributed by atoms with E-state index >= 15 is 0 Å². The number of aliphatic carboxylic acids is 1. The fraction of sp³-hybridized carbons (Fsp3) is 0.667. The molecule has 1 aromatic rings. The molecule has 0 aliphatic heterocycles. The maximum atomic E-state index is 10.6. The van der Waals surface area contributed by atoms with Crippen molar-refractivity contribution in [3.05, 3.63) is 12.4 Å². The summed E-state index contributed by atoms with van der Waals surface area (Å²) < 4.78 is 5.45. The molecule has 1 aromatic heterocycles. The van der Waals surface area contributed by atoms with Crippen molar-refractivity contribution in [3.8, 4) is 5.88 Å². The predicted molar refractivity (Wildman–Crippen MR) is 81.6 cm³/mol. The van der Waals surface area contributed by atoms with Crippen LogP contribution in [0.4, 0.5) is 5.82 Å². The molecule has 0 saturated carbocycles. The van der Waals surface area contributed by atoms with Gasteiger partial charge in [0.25, 0.3) is 0 Å². The van der Waals surface area contributed by atoms with Gasteiger partial charge in [0.1, 0.15) is 12.1 Å². The van der Waals surface area contributed by atoms with Crippen molar-refractivity contribution in [2.45, 2.75) is 46.0 Å². The van der Waals surface area contributed by atoms with Crippen molar-refractivity contribution in [2.24, 2.45) is 5.92 Å². The topological polar surface area (TPSA) is 84.3 Å². The summed E-state index contributed by atoms with van der Waals surface area (Å²) in [5, 5.41) is 12.0. The minimum Gasteiger partial charge on any atom is -0.481 e. The first-order valence-electron chi connectivity index (χ1n) is 7.56. The smallest absolute Gasteiger partial charge is 0.303 e. The second-order valence-electron chi connectivity index (χ2n) is 5.01. The number of nitrogens with zero attached hydrogens (tertiary/aromatic N) is 2. The van der Waals surface area contributed by atoms with E-state index < -0.39 is 5.97 Å². The predicted octanol–water partition coefficient (Wildman–Crippen LogP) is 2.96. The van der Waals surface area contributed by atoms with Gasteiger partial charge in [-0.2, -0.15) is 0 Å². The number of hydrogen-bond acceptors (Lipinski definition) is 5. The molecule has 0 spiro atoms. The third kappa shape index (κ3) is 7.48. The van der Waals surface area contributed by atoms with E-state index in [1.165, 1.54) is 6.33 Å². The molecule has 1 rings (SSSR count). The Bertz CT molecular complexity index is 426. The Balaban J connectivity index is 2.34. The molecule has 2 N–H and O–H groups in total. The minimum absolute atomic E-state index is 0.237. The highest BCUT2D eigenvalue weighted by Gasteiger charge is 2.09. The van der Waals surface area contributed by atoms with Crippen LogP contribution in [0.1, 0.15) is 46.0 Å². The summed E-state index contributed by atoms with van der Waals surface area (Å²) in [6.07, 6.45) is 5.30. The van der Waals surface area contributed by atoms with Gasteiger partial charge in [-0.15, -0.1) is 0 Å². The second-order valence-corrected chi connectivity index (χ2v) is 5.01. The van der Waals surface area contributed by atoms with Crippen LogP contribution in [0, 0.1) is 5.92 Å². The van der Waals surface area contributed by atoms with Crippen molar-refractivity contribution in [1.82, 2.24) is 9.97 Å². The average Bonchev–Trinajstić information content (AvgIpc) is 2.49. The van der Waals surface area contributed by atoms with Gasteiger partial charge in [0.15, 0.2) is 0 Å². The van der Waals surface area contributed by atoms with Crippen LogP contribution in [-0.4, -0.2) is 34.2 Å². The summed E-state index contributed by atoms with van der Waals surface area (Å²) in [6, 6.07) is 1.79. The third-order valence-corrected chi connectivity index (χ3v) is 3.30. The van der Waals surface area contributed by atoms with Gasteiger partial charge < -0.3 is 15.2 Å². The standard InChI is InChI=1S/C15H25N3O3/c1-3-9-21-14-10-13(17-11-18-14)16-8-7-12(4-2)5-6-15(19)20/h10-12H,3-9H2,1-2H3,(H,19,20)(H,16,17,18). The molecule has 21 heavy (non-hydrogen) atoms. The molecular weight excluding hydrogens is 270 g/mol. The molecule has 0 amide bonds. The SMILES string of the molecule is CCCOc1cc(NCCC(CC)CCC(=O)O)ncn1. The lowest BCUT2D eigenvalue weighted by Gasteiger charge is -2.14. The van der Waals surface area contributed by atoms with Gasteiger partial charge in [0, 0.05) is 19.0 Å². The molecule has 0 bridgehead atoms. The number of anilines is 1. The molecule has 118 valence electrons. The Labute approximate surface area is 126 Å². The molecule has 1 atom stereocenters. The Morgan fingerprint density at radius 2 is 2.19 bits per heavy atom. The number of carboxylic acid groups (broad SMARTS) is 1. The summed E-state index contributed by atoms with van der Waals surface area (Å²) in [5.41, 5.74) is 0. The quantitative estimate of drug-likeness (QED) is 0.653. The molecule has 0 fully saturated rings. The Kier molecular flexibility index (Phi) is 8.16. The zero-order chi connectivity index (χ0) is 15.5. The third-order valence-electron chi connectivity index (χ3n) is 3.30. The van der Waals surface area contributed by atoms with Crippen LogP contribution < -0.4 is 10.1 Å². The molecule has 0 aliphatic carbocycles. The second kappa shape index (κ2) is 9.96. The number of ether oxygens (including phenoxy) is 1. The lowest BCUT2D eigenvalue weighted by atomic mass is 9.97. The molecule has 0 aromatic carbocycles. The van der Waals surface area contributed by atoms with E-state index in [2.05, 4.69) is 22.2 Å². The number of carboxylic acids is 1. The highest BCUT2D eigenvalue weighted by atomic mass is 16.5. The highest BCUT2D eigenvalue weighted by Crippen LogP contribution is 2.16. The molecule has 0 aliphatic rings. The first kappa shape index (κ1) is 17.2. The summed E-state index contributed by atoms with van der Waals surface area (Å²) >= 11 is 0. The molecule has 0 radical (unpaired) electrons. The first-order valence-corrected chi connectivity index (χ1v) is 7.56. The van der Waals surface area contributed by atoms with E-state index in [0.717, 1.165) is 38.0 Å². The molecule has 1 unspecified atom stereocenters. The largest absolute Gasteiger partial charge is 0.481 e. The van der Waals surface area contributed by atoms with E-state index in [9.17, 15) is 4.79 Å². The lowest BCUT2D eigenvalue weighted by Crippen LogP contribution is -2.11. The summed E-state index contributed by atoms with van der Waals surface area (Å²) in [5.74, 6) is 1.01. The number of carbonyl (C=O) groups is 1. The normalized spacial score (nSPS) is 11.9. The zero-order valence-corrected chi connectivity index (χ0v) is 12.8. The fourth-order valence-electron chi connectivity index (χ4n) is 2.01. The van der Waals surface area contributed by atoms with Gasteiger partial charge in [-0.1, -0.05) is 20.3 Å². The number of aromatic nitrogens is 2. The average molecular weight is 295 g/mol. The van der Waals surface area contributed by atoms with Crippen molar-refractivity contribution in [3.63, 3.8) is 0 Å². The molecule has 6 heteroatoms. The number of rotatable bonds is 11. The van der Waals surface area contributed by atoms with Crippen LogP contribution in [-0.2, 0) is 4.79 Å². The van der Waals surface area contributed by atoms with Gasteiger partial charge in [0.2, 0.25) is 5.88 Å². The Morgan fingerprint density at radius 3 is 2.86 bits per heavy atom. The number of nitrogens with one attached hydrogen (secondary N) is 1. The van der Waals surface area contributed by atoms with Crippen molar-refractivity contribution >= 4 is 11.8 Å². The first-order chi connectivity index (χ1) is 10.2. The summed E-state index contributed by atoms with van der Waals surface area (Å²) in [6.45, 7) is 5.54. The van der Waals surface area contributed by atoms with E-state index in [-0.39, 0.29) is 6.42 Å². The van der Waals surface area contributed by atoms with Crippen LogP contribution >= 0.6 is 0 Å². The van der Waals surface area contributed by atoms with Gasteiger partial charge in [0.05, 0.1) is 6.61 Å². The van der Waals surface area contributed by atoms with Gasteiger partial charge in [-0.25, -0.2) is 9.97 Å². The lowest BCUT2D eigenvalue weighted by molar-refractivity contribution is -0.137. The molecule has 0 saturated heterocycles. The van der Waals surface area contributed by atoms with Crippen molar-refractivity contribution < 1.29 is 14.6 Å². The minimum atomic E-state index is -0.727. The van der Waals surface area contributed by atoms with E-state index in [1.54, 1.807) is 6.07 Å².